The van der Waals surface area contributed by atoms with Crippen LogP contribution in [0.15, 0.2) is 0 Å². The molecule has 0 spiro atoms. The first-order valence-corrected chi connectivity index (χ1v) is 3.17. The van der Waals surface area contributed by atoms with Crippen molar-refractivity contribution in [3.63, 3.8) is 0 Å². The lowest BCUT2D eigenvalue weighted by Gasteiger charge is -1.72. The summed E-state index contributed by atoms with van der Waals surface area (Å²) in [5, 5.41) is 7.79. The molecule has 0 saturated carbocycles. The van der Waals surface area contributed by atoms with Crippen molar-refractivity contribution < 1.29 is 4.21 Å². The third-order valence-electron chi connectivity index (χ3n) is 0.268. The second-order valence-corrected chi connectivity index (χ2v) is 2.31. The highest BCUT2D eigenvalue weighted by atomic mass is 32.2. The number of nitrogens with zero attached hydrogens (tertiary/aromatic N) is 1. The normalized spacial score (nSPS) is 12.7. The molecule has 0 aliphatic carbocycles. The van der Waals surface area contributed by atoms with Gasteiger partial charge in [-0.1, -0.05) is 0 Å². The van der Waals surface area contributed by atoms with Gasteiger partial charge in [0.1, 0.15) is 5.75 Å². The van der Waals surface area contributed by atoms with E-state index in [-0.39, 0.29) is 5.75 Å². The molecule has 0 N–H and O–H groups in total. The lowest BCUT2D eigenvalue weighted by atomic mass is 10.9. The third-order valence-corrected chi connectivity index (χ3v) is 0.803. The average molecular weight is 103 g/mol. The van der Waals surface area contributed by atoms with Crippen LogP contribution in [0.1, 0.15) is 0 Å². The van der Waals surface area contributed by atoms with Crippen molar-refractivity contribution in [2.75, 3.05) is 12.0 Å². The van der Waals surface area contributed by atoms with E-state index in [2.05, 4.69) is 0 Å². The van der Waals surface area contributed by atoms with Crippen LogP contribution in [0.3, 0.4) is 0 Å². The number of hydrogen-bond acceptors (Lipinski definition) is 2. The third kappa shape index (κ3) is 3.64. The molecule has 0 saturated heterocycles. The Bertz CT molecular complexity index is 93.5. The molecule has 6 heavy (non-hydrogen) atoms. The lowest BCUT2D eigenvalue weighted by Crippen LogP contribution is -1.86. The molecule has 1 atom stereocenters. The van der Waals surface area contributed by atoms with E-state index >= 15 is 0 Å². The maximum atomic E-state index is 9.93. The zero-order valence-electron chi connectivity index (χ0n) is 3.47. The fourth-order valence-electron chi connectivity index (χ4n) is 0.0909. The van der Waals surface area contributed by atoms with E-state index in [1.54, 1.807) is 6.07 Å². The van der Waals surface area contributed by atoms with Gasteiger partial charge in [-0.25, -0.2) is 0 Å². The Morgan fingerprint density at radius 3 is 2.50 bits per heavy atom. The summed E-state index contributed by atoms with van der Waals surface area (Å²) in [7, 11) is -0.927. The van der Waals surface area contributed by atoms with Crippen molar-refractivity contribution in [2.24, 2.45) is 0 Å². The van der Waals surface area contributed by atoms with Gasteiger partial charge in [-0.2, -0.15) is 5.26 Å². The standard InChI is InChI=1S/C3H5NOS/c1-6(5)3-2-4/h3H2,1H3/t6-/m1/s1. The predicted octanol–water partition coefficient (Wildman–Crippen LogP) is -0.112. The Morgan fingerprint density at radius 1 is 2.00 bits per heavy atom. The van der Waals surface area contributed by atoms with Crippen LogP contribution in [0, 0.1) is 11.3 Å². The van der Waals surface area contributed by atoms with Crippen LogP contribution in [0.5, 0.6) is 0 Å². The molecule has 0 aromatic heterocycles. The zero-order chi connectivity index (χ0) is 4.99. The molecule has 3 heteroatoms. The molecule has 34 valence electrons. The summed E-state index contributed by atoms with van der Waals surface area (Å²) in [6.45, 7) is 0. The van der Waals surface area contributed by atoms with Crippen LogP contribution in [-0.4, -0.2) is 16.2 Å². The van der Waals surface area contributed by atoms with Crippen LogP contribution in [0.4, 0.5) is 0 Å². The summed E-state index contributed by atoms with van der Waals surface area (Å²) >= 11 is 0. The fraction of sp³-hybridized carbons (Fsp3) is 0.667. The van der Waals surface area contributed by atoms with E-state index in [1.807, 2.05) is 0 Å². The molecule has 0 fully saturated rings. The van der Waals surface area contributed by atoms with Crippen molar-refractivity contribution in [3.8, 4) is 6.07 Å². The van der Waals surface area contributed by atoms with Crippen LogP contribution in [-0.2, 0) is 10.8 Å². The first-order valence-electron chi connectivity index (χ1n) is 1.44. The van der Waals surface area contributed by atoms with Crippen LogP contribution in [0.2, 0.25) is 0 Å². The monoisotopic (exact) mass is 103 g/mol. The highest BCUT2D eigenvalue weighted by Crippen LogP contribution is 1.65. The minimum atomic E-state index is -0.927. The van der Waals surface area contributed by atoms with E-state index in [0.29, 0.717) is 0 Å². The van der Waals surface area contributed by atoms with E-state index in [4.69, 9.17) is 5.26 Å². The summed E-state index contributed by atoms with van der Waals surface area (Å²) in [5.74, 6) is 0.153. The van der Waals surface area contributed by atoms with Gasteiger partial charge >= 0.3 is 0 Å². The molecule has 0 aromatic rings. The molecule has 0 bridgehead atoms. The van der Waals surface area contributed by atoms with Gasteiger partial charge in [-0.15, -0.1) is 0 Å². The van der Waals surface area contributed by atoms with Gasteiger partial charge in [0.2, 0.25) is 0 Å². The van der Waals surface area contributed by atoms with E-state index in [0.717, 1.165) is 0 Å². The Balaban J connectivity index is 3.13. The first kappa shape index (κ1) is 5.64. The Labute approximate surface area is 39.2 Å². The van der Waals surface area contributed by atoms with Gasteiger partial charge in [-0.3, -0.25) is 4.21 Å². The van der Waals surface area contributed by atoms with Gasteiger partial charge in [0, 0.05) is 17.1 Å². The van der Waals surface area contributed by atoms with Gasteiger partial charge < -0.3 is 0 Å². The average Bonchev–Trinajstić information content (AvgIpc) is 1.35. The van der Waals surface area contributed by atoms with E-state index in [1.165, 1.54) is 6.26 Å². The first-order chi connectivity index (χ1) is 2.77. The fourth-order valence-corrected chi connectivity index (χ4v) is 0.273. The van der Waals surface area contributed by atoms with Crippen LogP contribution >= 0.6 is 0 Å². The largest absolute Gasteiger partial charge is 0.259 e. The van der Waals surface area contributed by atoms with Crippen molar-refractivity contribution in [2.45, 2.75) is 0 Å². The minimum Gasteiger partial charge on any atom is -0.259 e. The van der Waals surface area contributed by atoms with E-state index < -0.39 is 10.8 Å². The Morgan fingerprint density at radius 2 is 2.50 bits per heavy atom. The lowest BCUT2D eigenvalue weighted by molar-refractivity contribution is 0.689. The molecular formula is C3H5NOS. The quantitative estimate of drug-likeness (QED) is 0.464. The summed E-state index contributed by atoms with van der Waals surface area (Å²) in [4.78, 5) is 0. The van der Waals surface area contributed by atoms with Crippen molar-refractivity contribution in [3.05, 3.63) is 0 Å². The summed E-state index contributed by atoms with van der Waals surface area (Å²) < 4.78 is 9.93. The molecule has 0 aliphatic heterocycles. The molecule has 0 unspecified atom stereocenters. The second kappa shape index (κ2) is 2.86. The summed E-state index contributed by atoms with van der Waals surface area (Å²) in [6.07, 6.45) is 1.50. The molecule has 0 amide bonds. The Kier molecular flexibility index (Phi) is 2.68. The molecule has 0 aliphatic rings. The molecule has 0 radical (unpaired) electrons. The topological polar surface area (TPSA) is 40.9 Å². The maximum Gasteiger partial charge on any atom is 0.110 e. The zero-order valence-corrected chi connectivity index (χ0v) is 4.29. The molecule has 2 nitrogen and oxygen atoms in total. The van der Waals surface area contributed by atoms with Crippen molar-refractivity contribution in [1.82, 2.24) is 0 Å². The molecule has 0 aromatic carbocycles. The minimum absolute atomic E-state index is 0.153. The Hall–Kier alpha value is -0.360. The van der Waals surface area contributed by atoms with Crippen LogP contribution in [0.25, 0.3) is 0 Å². The highest BCUT2D eigenvalue weighted by molar-refractivity contribution is 7.84. The smallest absolute Gasteiger partial charge is 0.110 e. The van der Waals surface area contributed by atoms with Gasteiger partial charge in [0.15, 0.2) is 0 Å². The van der Waals surface area contributed by atoms with Gasteiger partial charge in [-0.05, 0) is 0 Å². The van der Waals surface area contributed by atoms with Gasteiger partial charge in [0.05, 0.1) is 6.07 Å². The summed E-state index contributed by atoms with van der Waals surface area (Å²) in [6, 6.07) is 1.77. The maximum absolute atomic E-state index is 9.93. The van der Waals surface area contributed by atoms with Crippen molar-refractivity contribution >= 4 is 10.8 Å². The molecular weight excluding hydrogens is 98.1 g/mol. The number of rotatable bonds is 1. The van der Waals surface area contributed by atoms with Gasteiger partial charge in [0.25, 0.3) is 0 Å². The second-order valence-electron chi connectivity index (χ2n) is 0.876. The number of nitriles is 1. The van der Waals surface area contributed by atoms with E-state index in [9.17, 15) is 4.21 Å². The molecule has 0 rings (SSSR count). The predicted molar refractivity (Wildman–Crippen MR) is 24.5 cm³/mol. The highest BCUT2D eigenvalue weighted by Gasteiger charge is 1.80. The SMILES string of the molecule is C[S@@](=O)CC#N. The summed E-state index contributed by atoms with van der Waals surface area (Å²) in [5.41, 5.74) is 0. The number of hydrogen-bond donors (Lipinski definition) is 0. The van der Waals surface area contributed by atoms with Crippen LogP contribution < -0.4 is 0 Å². The molecule has 0 heterocycles. The van der Waals surface area contributed by atoms with Crippen molar-refractivity contribution in [1.29, 1.82) is 5.26 Å².